The summed E-state index contributed by atoms with van der Waals surface area (Å²) in [6.45, 7) is 0.660. The zero-order valence-electron chi connectivity index (χ0n) is 11.4. The van der Waals surface area contributed by atoms with Crippen molar-refractivity contribution in [1.82, 2.24) is 5.32 Å². The molecule has 0 aliphatic rings. The van der Waals surface area contributed by atoms with Crippen LogP contribution in [-0.4, -0.2) is 12.5 Å². The van der Waals surface area contributed by atoms with Crippen LogP contribution in [0.25, 0.3) is 0 Å². The lowest BCUT2D eigenvalue weighted by Crippen LogP contribution is -2.22. The zero-order chi connectivity index (χ0) is 15.1. The molecule has 0 radical (unpaired) electrons. The summed E-state index contributed by atoms with van der Waals surface area (Å²) in [5.74, 6) is 5.17. The number of amides is 1. The Morgan fingerprint density at radius 1 is 1.10 bits per heavy atom. The Hall–Kier alpha value is -2.64. The minimum atomic E-state index is -0.292. The van der Waals surface area contributed by atoms with Crippen molar-refractivity contribution in [2.24, 2.45) is 5.73 Å². The molecule has 0 unspecified atom stereocenters. The monoisotopic (exact) mass is 282 g/mol. The molecule has 0 aromatic heterocycles. The van der Waals surface area contributed by atoms with Gasteiger partial charge in [-0.15, -0.1) is 0 Å². The lowest BCUT2D eigenvalue weighted by atomic mass is 10.1. The molecule has 0 fully saturated rings. The van der Waals surface area contributed by atoms with Crippen molar-refractivity contribution in [3.05, 3.63) is 71.0 Å². The molecule has 0 aliphatic heterocycles. The SMILES string of the molecule is NCC#Cc1ccc(C(=O)NCc2ccc(F)cc2)cc1. The normalized spacial score (nSPS) is 9.62. The quantitative estimate of drug-likeness (QED) is 0.847. The maximum atomic E-state index is 12.8. The number of hydrogen-bond acceptors (Lipinski definition) is 2. The third-order valence-corrected chi connectivity index (χ3v) is 2.85. The lowest BCUT2D eigenvalue weighted by molar-refractivity contribution is 0.0951. The van der Waals surface area contributed by atoms with E-state index in [9.17, 15) is 9.18 Å². The summed E-state index contributed by atoms with van der Waals surface area (Å²) >= 11 is 0. The van der Waals surface area contributed by atoms with Gasteiger partial charge in [-0.1, -0.05) is 24.0 Å². The van der Waals surface area contributed by atoms with Crippen LogP contribution in [0.15, 0.2) is 48.5 Å². The van der Waals surface area contributed by atoms with Crippen LogP contribution in [0, 0.1) is 17.7 Å². The second-order valence-electron chi connectivity index (χ2n) is 4.39. The minimum absolute atomic E-state index is 0.183. The highest BCUT2D eigenvalue weighted by atomic mass is 19.1. The molecule has 21 heavy (non-hydrogen) atoms. The van der Waals surface area contributed by atoms with Crippen molar-refractivity contribution >= 4 is 5.91 Å². The van der Waals surface area contributed by atoms with E-state index in [0.717, 1.165) is 11.1 Å². The van der Waals surface area contributed by atoms with Crippen LogP contribution in [0.5, 0.6) is 0 Å². The van der Waals surface area contributed by atoms with E-state index >= 15 is 0 Å². The van der Waals surface area contributed by atoms with Gasteiger partial charge in [0, 0.05) is 17.7 Å². The van der Waals surface area contributed by atoms with Gasteiger partial charge in [0.05, 0.1) is 6.54 Å². The second-order valence-corrected chi connectivity index (χ2v) is 4.39. The van der Waals surface area contributed by atoms with Crippen LogP contribution >= 0.6 is 0 Å². The predicted octanol–water partition coefficient (Wildman–Crippen LogP) is 2.07. The fourth-order valence-electron chi connectivity index (χ4n) is 1.74. The lowest BCUT2D eigenvalue weighted by Gasteiger charge is -2.05. The highest BCUT2D eigenvalue weighted by Gasteiger charge is 2.04. The van der Waals surface area contributed by atoms with Crippen LogP contribution in [0.1, 0.15) is 21.5 Å². The Morgan fingerprint density at radius 2 is 1.76 bits per heavy atom. The van der Waals surface area contributed by atoms with Crippen LogP contribution in [-0.2, 0) is 6.54 Å². The van der Waals surface area contributed by atoms with Gasteiger partial charge in [-0.25, -0.2) is 4.39 Å². The van der Waals surface area contributed by atoms with Crippen molar-refractivity contribution in [3.8, 4) is 11.8 Å². The molecule has 2 aromatic carbocycles. The molecular formula is C17H15FN2O. The van der Waals surface area contributed by atoms with Gasteiger partial charge in [-0.2, -0.15) is 0 Å². The van der Waals surface area contributed by atoms with Gasteiger partial charge in [0.25, 0.3) is 5.91 Å². The number of rotatable bonds is 3. The Balaban J connectivity index is 1.95. The van der Waals surface area contributed by atoms with Crippen molar-refractivity contribution < 1.29 is 9.18 Å². The molecule has 0 saturated heterocycles. The summed E-state index contributed by atoms with van der Waals surface area (Å²) in [4.78, 5) is 12.0. The summed E-state index contributed by atoms with van der Waals surface area (Å²) in [6, 6.07) is 13.0. The molecule has 0 aliphatic carbocycles. The van der Waals surface area contributed by atoms with E-state index in [-0.39, 0.29) is 11.7 Å². The Kier molecular flexibility index (Phi) is 5.08. The van der Waals surface area contributed by atoms with Crippen LogP contribution < -0.4 is 11.1 Å². The number of hydrogen-bond donors (Lipinski definition) is 2. The Morgan fingerprint density at radius 3 is 2.38 bits per heavy atom. The molecule has 0 heterocycles. The molecule has 4 heteroatoms. The van der Waals surface area contributed by atoms with Crippen LogP contribution in [0.3, 0.4) is 0 Å². The van der Waals surface area contributed by atoms with E-state index < -0.39 is 0 Å². The van der Waals surface area contributed by atoms with E-state index in [1.807, 2.05) is 0 Å². The van der Waals surface area contributed by atoms with Crippen molar-refractivity contribution in [1.29, 1.82) is 0 Å². The summed E-state index contributed by atoms with van der Waals surface area (Å²) in [6.07, 6.45) is 0. The van der Waals surface area contributed by atoms with Crippen molar-refractivity contribution in [2.45, 2.75) is 6.54 Å². The first-order valence-corrected chi connectivity index (χ1v) is 6.50. The average molecular weight is 282 g/mol. The summed E-state index contributed by atoms with van der Waals surface area (Å²) in [7, 11) is 0. The van der Waals surface area contributed by atoms with Gasteiger partial charge >= 0.3 is 0 Å². The molecular weight excluding hydrogens is 267 g/mol. The molecule has 0 saturated carbocycles. The highest BCUT2D eigenvalue weighted by Crippen LogP contribution is 2.05. The fourth-order valence-corrected chi connectivity index (χ4v) is 1.74. The Bertz CT molecular complexity index is 667. The van der Waals surface area contributed by atoms with Crippen LogP contribution in [0.2, 0.25) is 0 Å². The Labute approximate surface area is 123 Å². The van der Waals surface area contributed by atoms with Gasteiger partial charge in [0.15, 0.2) is 0 Å². The van der Waals surface area contributed by atoms with E-state index in [1.165, 1.54) is 12.1 Å². The fraction of sp³-hybridized carbons (Fsp3) is 0.118. The first-order valence-electron chi connectivity index (χ1n) is 6.50. The zero-order valence-corrected chi connectivity index (χ0v) is 11.4. The van der Waals surface area contributed by atoms with E-state index in [4.69, 9.17) is 5.73 Å². The number of benzene rings is 2. The third kappa shape index (κ3) is 4.44. The number of carbonyl (C=O) groups excluding carboxylic acids is 1. The van der Waals surface area contributed by atoms with E-state index in [2.05, 4.69) is 17.2 Å². The van der Waals surface area contributed by atoms with Crippen LogP contribution in [0.4, 0.5) is 4.39 Å². The van der Waals surface area contributed by atoms with Gasteiger partial charge < -0.3 is 11.1 Å². The topological polar surface area (TPSA) is 55.1 Å². The minimum Gasteiger partial charge on any atom is -0.348 e. The highest BCUT2D eigenvalue weighted by molar-refractivity contribution is 5.94. The van der Waals surface area contributed by atoms with Gasteiger partial charge in [-0.3, -0.25) is 4.79 Å². The summed E-state index contributed by atoms with van der Waals surface area (Å²) in [5, 5.41) is 2.78. The van der Waals surface area contributed by atoms with Gasteiger partial charge in [-0.05, 0) is 42.0 Å². The number of carbonyl (C=O) groups is 1. The first-order chi connectivity index (χ1) is 10.2. The number of nitrogens with one attached hydrogen (secondary N) is 1. The molecule has 3 nitrogen and oxygen atoms in total. The predicted molar refractivity (Wildman–Crippen MR) is 79.9 cm³/mol. The average Bonchev–Trinajstić information content (AvgIpc) is 2.52. The third-order valence-electron chi connectivity index (χ3n) is 2.85. The second kappa shape index (κ2) is 7.22. The molecule has 2 aromatic rings. The standard InChI is InChI=1S/C17H15FN2O/c18-16-9-5-14(6-10-16)12-20-17(21)15-7-3-13(4-8-15)2-1-11-19/h3-10H,11-12,19H2,(H,20,21). The molecule has 106 valence electrons. The summed E-state index contributed by atoms with van der Waals surface area (Å²) in [5.41, 5.74) is 7.51. The largest absolute Gasteiger partial charge is 0.348 e. The van der Waals surface area contributed by atoms with Gasteiger partial charge in [0.1, 0.15) is 5.82 Å². The maximum Gasteiger partial charge on any atom is 0.251 e. The van der Waals surface area contributed by atoms with E-state index in [1.54, 1.807) is 36.4 Å². The number of halogens is 1. The molecule has 2 rings (SSSR count). The first kappa shape index (κ1) is 14.8. The van der Waals surface area contributed by atoms with Crippen molar-refractivity contribution in [3.63, 3.8) is 0 Å². The molecule has 3 N–H and O–H groups in total. The molecule has 0 spiro atoms. The molecule has 0 atom stereocenters. The van der Waals surface area contributed by atoms with Crippen molar-refractivity contribution in [2.75, 3.05) is 6.54 Å². The smallest absolute Gasteiger partial charge is 0.251 e. The molecule has 0 bridgehead atoms. The van der Waals surface area contributed by atoms with Gasteiger partial charge in [0.2, 0.25) is 0 Å². The maximum absolute atomic E-state index is 12.8. The van der Waals surface area contributed by atoms with E-state index in [0.29, 0.717) is 18.7 Å². The number of nitrogens with two attached hydrogens (primary N) is 1. The molecule has 1 amide bonds. The summed E-state index contributed by atoms with van der Waals surface area (Å²) < 4.78 is 12.8.